The second-order valence-corrected chi connectivity index (χ2v) is 3.78. The predicted molar refractivity (Wildman–Crippen MR) is 59.6 cm³/mol. The van der Waals surface area contributed by atoms with E-state index in [0.717, 1.165) is 0 Å². The number of carbonyl (C=O) groups is 1. The Morgan fingerprint density at radius 2 is 2.21 bits per heavy atom. The van der Waals surface area contributed by atoms with Crippen LogP contribution in [-0.2, 0) is 4.79 Å². The summed E-state index contributed by atoms with van der Waals surface area (Å²) in [5, 5.41) is 17.9. The molecular weight excluding hydrogens is 299 g/mol. The SMILES string of the molecule is NNc1ccc(C(O)C(=O)O)c(I)c1. The average molecular weight is 308 g/mol. The maximum Gasteiger partial charge on any atom is 0.337 e. The van der Waals surface area contributed by atoms with Gasteiger partial charge in [0.15, 0.2) is 6.10 Å². The molecule has 6 heteroatoms. The second-order valence-electron chi connectivity index (χ2n) is 2.62. The molecule has 0 heterocycles. The minimum Gasteiger partial charge on any atom is -0.479 e. The molecule has 0 spiro atoms. The van der Waals surface area contributed by atoms with Gasteiger partial charge < -0.3 is 15.6 Å². The molecule has 0 radical (unpaired) electrons. The monoisotopic (exact) mass is 308 g/mol. The number of carboxylic acid groups (broad SMARTS) is 1. The molecule has 0 fully saturated rings. The second kappa shape index (κ2) is 4.58. The van der Waals surface area contributed by atoms with Crippen LogP contribution in [-0.4, -0.2) is 16.2 Å². The number of aliphatic hydroxyl groups excluding tert-OH is 1. The fourth-order valence-electron chi connectivity index (χ4n) is 0.972. The topological polar surface area (TPSA) is 95.6 Å². The number of hydrazine groups is 1. The number of hydrogen-bond donors (Lipinski definition) is 4. The molecule has 0 saturated carbocycles. The summed E-state index contributed by atoms with van der Waals surface area (Å²) in [6, 6.07) is 4.78. The Hall–Kier alpha value is -0.860. The summed E-state index contributed by atoms with van der Waals surface area (Å²) in [7, 11) is 0. The van der Waals surface area contributed by atoms with Crippen LogP contribution in [0.4, 0.5) is 5.69 Å². The summed E-state index contributed by atoms with van der Waals surface area (Å²) in [6.45, 7) is 0. The minimum atomic E-state index is -1.49. The zero-order valence-corrected chi connectivity index (χ0v) is 9.22. The van der Waals surface area contributed by atoms with Gasteiger partial charge in [0.05, 0.1) is 0 Å². The molecule has 1 rings (SSSR count). The zero-order chi connectivity index (χ0) is 10.7. The van der Waals surface area contributed by atoms with Gasteiger partial charge in [0, 0.05) is 14.8 Å². The van der Waals surface area contributed by atoms with Gasteiger partial charge in [-0.15, -0.1) is 0 Å². The molecule has 0 bridgehead atoms. The quantitative estimate of drug-likeness (QED) is 0.374. The number of nitrogen functional groups attached to an aromatic ring is 1. The smallest absolute Gasteiger partial charge is 0.337 e. The summed E-state index contributed by atoms with van der Waals surface area (Å²) >= 11 is 1.94. The van der Waals surface area contributed by atoms with E-state index >= 15 is 0 Å². The molecule has 1 aromatic rings. The Labute approximate surface area is 94.0 Å². The van der Waals surface area contributed by atoms with E-state index in [2.05, 4.69) is 5.43 Å². The van der Waals surface area contributed by atoms with Crippen molar-refractivity contribution in [1.82, 2.24) is 0 Å². The molecule has 1 atom stereocenters. The highest BCUT2D eigenvalue weighted by molar-refractivity contribution is 14.1. The number of rotatable bonds is 3. The van der Waals surface area contributed by atoms with E-state index in [0.29, 0.717) is 14.8 Å². The first-order valence-corrected chi connectivity index (χ1v) is 4.81. The van der Waals surface area contributed by atoms with Crippen LogP contribution in [0.15, 0.2) is 18.2 Å². The van der Waals surface area contributed by atoms with Crippen molar-refractivity contribution in [3.8, 4) is 0 Å². The molecule has 0 amide bonds. The Bertz CT molecular complexity index is 356. The van der Waals surface area contributed by atoms with E-state index in [9.17, 15) is 9.90 Å². The molecule has 14 heavy (non-hydrogen) atoms. The standard InChI is InChI=1S/C8H9IN2O3/c9-6-3-4(11-10)1-2-5(6)7(12)8(13)14/h1-3,7,11-12H,10H2,(H,13,14). The van der Waals surface area contributed by atoms with Crippen molar-refractivity contribution in [2.24, 2.45) is 5.84 Å². The fraction of sp³-hybridized carbons (Fsp3) is 0.125. The van der Waals surface area contributed by atoms with Gasteiger partial charge in [0.1, 0.15) is 0 Å². The number of aliphatic hydroxyl groups is 1. The molecule has 1 unspecified atom stereocenters. The van der Waals surface area contributed by atoms with E-state index in [1.165, 1.54) is 6.07 Å². The third kappa shape index (κ3) is 2.34. The number of anilines is 1. The van der Waals surface area contributed by atoms with Crippen LogP contribution < -0.4 is 11.3 Å². The van der Waals surface area contributed by atoms with E-state index in [4.69, 9.17) is 10.9 Å². The Morgan fingerprint density at radius 3 is 2.64 bits per heavy atom. The number of carboxylic acids is 1. The van der Waals surface area contributed by atoms with Gasteiger partial charge in [-0.1, -0.05) is 6.07 Å². The lowest BCUT2D eigenvalue weighted by Crippen LogP contribution is -2.13. The van der Waals surface area contributed by atoms with Crippen LogP contribution >= 0.6 is 22.6 Å². The van der Waals surface area contributed by atoms with Crippen molar-refractivity contribution in [2.75, 3.05) is 5.43 Å². The molecule has 76 valence electrons. The van der Waals surface area contributed by atoms with E-state index in [-0.39, 0.29) is 0 Å². The van der Waals surface area contributed by atoms with Crippen LogP contribution in [0.3, 0.4) is 0 Å². The van der Waals surface area contributed by atoms with Crippen LogP contribution in [0.2, 0.25) is 0 Å². The third-order valence-electron chi connectivity index (χ3n) is 1.70. The van der Waals surface area contributed by atoms with E-state index in [1.807, 2.05) is 22.6 Å². The summed E-state index contributed by atoms with van der Waals surface area (Å²) in [5.41, 5.74) is 3.45. The summed E-state index contributed by atoms with van der Waals surface area (Å²) in [5.74, 6) is 3.91. The predicted octanol–water partition coefficient (Wildman–Crippen LogP) is 0.695. The number of nitrogens with two attached hydrogens (primary N) is 1. The van der Waals surface area contributed by atoms with Gasteiger partial charge in [-0.2, -0.15) is 0 Å². The van der Waals surface area contributed by atoms with Crippen molar-refractivity contribution in [2.45, 2.75) is 6.10 Å². The lowest BCUT2D eigenvalue weighted by Gasteiger charge is -2.09. The van der Waals surface area contributed by atoms with Gasteiger partial charge in [0.2, 0.25) is 0 Å². The molecule has 0 aliphatic rings. The average Bonchev–Trinajstić information content (AvgIpc) is 2.16. The maximum absolute atomic E-state index is 10.5. The Kier molecular flexibility index (Phi) is 3.67. The summed E-state index contributed by atoms with van der Waals surface area (Å²) in [6.07, 6.45) is -1.49. The molecule has 0 aromatic heterocycles. The van der Waals surface area contributed by atoms with Gasteiger partial charge >= 0.3 is 5.97 Å². The first-order valence-electron chi connectivity index (χ1n) is 3.73. The lowest BCUT2D eigenvalue weighted by molar-refractivity contribution is -0.147. The number of benzene rings is 1. The highest BCUT2D eigenvalue weighted by atomic mass is 127. The highest BCUT2D eigenvalue weighted by Crippen LogP contribution is 2.23. The van der Waals surface area contributed by atoms with Gasteiger partial charge in [-0.05, 0) is 34.7 Å². The number of hydrogen-bond acceptors (Lipinski definition) is 4. The first kappa shape index (κ1) is 11.2. The van der Waals surface area contributed by atoms with Crippen molar-refractivity contribution >= 4 is 34.2 Å². The Balaban J connectivity index is 3.05. The van der Waals surface area contributed by atoms with Crippen molar-refractivity contribution in [3.63, 3.8) is 0 Å². The van der Waals surface area contributed by atoms with Crippen LogP contribution in [0.1, 0.15) is 11.7 Å². The fourth-order valence-corrected chi connectivity index (χ4v) is 1.78. The summed E-state index contributed by atoms with van der Waals surface area (Å²) < 4.78 is 0.646. The summed E-state index contributed by atoms with van der Waals surface area (Å²) in [4.78, 5) is 10.5. The first-order chi connectivity index (χ1) is 6.56. The van der Waals surface area contributed by atoms with E-state index in [1.54, 1.807) is 12.1 Å². The normalized spacial score (nSPS) is 12.2. The number of aliphatic carboxylic acids is 1. The van der Waals surface area contributed by atoms with Gasteiger partial charge in [-0.3, -0.25) is 5.84 Å². The number of halogens is 1. The molecule has 5 nitrogen and oxygen atoms in total. The van der Waals surface area contributed by atoms with Gasteiger partial charge in [0.25, 0.3) is 0 Å². The molecule has 0 saturated heterocycles. The van der Waals surface area contributed by atoms with Crippen LogP contribution in [0.5, 0.6) is 0 Å². The van der Waals surface area contributed by atoms with Crippen molar-refractivity contribution in [1.29, 1.82) is 0 Å². The van der Waals surface area contributed by atoms with Gasteiger partial charge in [-0.25, -0.2) is 4.79 Å². The largest absolute Gasteiger partial charge is 0.479 e. The van der Waals surface area contributed by atoms with E-state index < -0.39 is 12.1 Å². The number of nitrogens with one attached hydrogen (secondary N) is 1. The van der Waals surface area contributed by atoms with Crippen LogP contribution in [0, 0.1) is 3.57 Å². The molecule has 0 aliphatic carbocycles. The maximum atomic E-state index is 10.5. The molecule has 0 aliphatic heterocycles. The molecule has 5 N–H and O–H groups in total. The van der Waals surface area contributed by atoms with Crippen molar-refractivity contribution in [3.05, 3.63) is 27.3 Å². The Morgan fingerprint density at radius 1 is 1.57 bits per heavy atom. The van der Waals surface area contributed by atoms with Crippen LogP contribution in [0.25, 0.3) is 0 Å². The van der Waals surface area contributed by atoms with Crippen molar-refractivity contribution < 1.29 is 15.0 Å². The minimum absolute atomic E-state index is 0.358. The lowest BCUT2D eigenvalue weighted by atomic mass is 10.1. The zero-order valence-electron chi connectivity index (χ0n) is 7.07. The molecular formula is C8H9IN2O3. The third-order valence-corrected chi connectivity index (χ3v) is 2.63. The molecule has 1 aromatic carbocycles. The highest BCUT2D eigenvalue weighted by Gasteiger charge is 2.18.